The van der Waals surface area contributed by atoms with Gasteiger partial charge in [-0.15, -0.1) is 0 Å². The van der Waals surface area contributed by atoms with Crippen LogP contribution in [0, 0.1) is 5.82 Å². The van der Waals surface area contributed by atoms with E-state index in [4.69, 9.17) is 17.3 Å². The average molecular weight is 262 g/mol. The Labute approximate surface area is 107 Å². The number of benzene rings is 1. The first-order valence-electron chi connectivity index (χ1n) is 5.34. The minimum atomic E-state index is -0.278. The Hall–Kier alpha value is -2.07. The monoisotopic (exact) mass is 261 g/mol. The van der Waals surface area contributed by atoms with Crippen LogP contribution in [0.3, 0.4) is 0 Å². The highest BCUT2D eigenvalue weighted by Gasteiger charge is 2.09. The maximum Gasteiger partial charge on any atom is 0.129 e. The summed E-state index contributed by atoms with van der Waals surface area (Å²) in [6.07, 6.45) is 0. The summed E-state index contributed by atoms with van der Waals surface area (Å²) in [7, 11) is 0. The van der Waals surface area contributed by atoms with Crippen molar-refractivity contribution in [1.29, 1.82) is 0 Å². The largest absolute Gasteiger partial charge is 0.397 e. The van der Waals surface area contributed by atoms with Gasteiger partial charge in [0.15, 0.2) is 0 Å². The van der Waals surface area contributed by atoms with Gasteiger partial charge in [0.2, 0.25) is 0 Å². The quantitative estimate of drug-likeness (QED) is 0.658. The summed E-state index contributed by atoms with van der Waals surface area (Å²) in [5, 5.41) is 1.13. The lowest BCUT2D eigenvalue weighted by Gasteiger charge is -2.02. The fraction of sp³-hybridized carbons (Fsp3) is 0. The fourth-order valence-electron chi connectivity index (χ4n) is 1.89. The zero-order valence-electron chi connectivity index (χ0n) is 9.24. The van der Waals surface area contributed by atoms with E-state index in [1.807, 2.05) is 0 Å². The Morgan fingerprint density at radius 2 is 2.00 bits per heavy atom. The van der Waals surface area contributed by atoms with Crippen molar-refractivity contribution in [2.45, 2.75) is 0 Å². The first kappa shape index (κ1) is 11.0. The van der Waals surface area contributed by atoms with Gasteiger partial charge in [0.05, 0.1) is 11.4 Å². The molecule has 18 heavy (non-hydrogen) atoms. The van der Waals surface area contributed by atoms with Crippen LogP contribution in [0.1, 0.15) is 0 Å². The van der Waals surface area contributed by atoms with Gasteiger partial charge in [-0.05, 0) is 36.4 Å². The molecule has 0 saturated heterocycles. The zero-order valence-corrected chi connectivity index (χ0v) is 10.0. The topological polar surface area (TPSA) is 54.7 Å². The molecule has 5 heteroatoms. The standard InChI is InChI=1S/C13H9ClFN3/c14-12-4-2-9(16)13(18-12)11-6-7-5-8(15)1-3-10(7)17-11/h1-6,17H,16H2. The molecule has 90 valence electrons. The number of nitrogens with one attached hydrogen (secondary N) is 1. The van der Waals surface area contributed by atoms with Crippen LogP contribution in [0.15, 0.2) is 36.4 Å². The summed E-state index contributed by atoms with van der Waals surface area (Å²) in [4.78, 5) is 7.32. The molecule has 3 N–H and O–H groups in total. The molecule has 0 atom stereocenters. The lowest BCUT2D eigenvalue weighted by molar-refractivity contribution is 0.630. The third-order valence-corrected chi connectivity index (χ3v) is 2.94. The molecule has 0 amide bonds. The number of hydrogen-bond donors (Lipinski definition) is 2. The number of H-pyrrole nitrogens is 1. The molecule has 0 bridgehead atoms. The van der Waals surface area contributed by atoms with Gasteiger partial charge in [-0.2, -0.15) is 0 Å². The molecule has 2 aromatic heterocycles. The molecule has 0 spiro atoms. The SMILES string of the molecule is Nc1ccc(Cl)nc1-c1cc2cc(F)ccc2[nH]1. The second-order valence-electron chi connectivity index (χ2n) is 3.99. The second kappa shape index (κ2) is 3.99. The smallest absolute Gasteiger partial charge is 0.129 e. The number of hydrogen-bond acceptors (Lipinski definition) is 2. The maximum atomic E-state index is 13.1. The molecule has 0 aliphatic heterocycles. The summed E-state index contributed by atoms with van der Waals surface area (Å²) in [5.41, 5.74) is 8.49. The van der Waals surface area contributed by atoms with Gasteiger partial charge >= 0.3 is 0 Å². The Kier molecular flexibility index (Phi) is 2.45. The minimum Gasteiger partial charge on any atom is -0.397 e. The lowest BCUT2D eigenvalue weighted by Crippen LogP contribution is -1.93. The highest BCUT2D eigenvalue weighted by Crippen LogP contribution is 2.28. The lowest BCUT2D eigenvalue weighted by atomic mass is 10.2. The van der Waals surface area contributed by atoms with Crippen LogP contribution in [0.4, 0.5) is 10.1 Å². The number of nitrogens with zero attached hydrogens (tertiary/aromatic N) is 1. The highest BCUT2D eigenvalue weighted by atomic mass is 35.5. The van der Waals surface area contributed by atoms with Crippen LogP contribution >= 0.6 is 11.6 Å². The van der Waals surface area contributed by atoms with Gasteiger partial charge in [0.25, 0.3) is 0 Å². The van der Waals surface area contributed by atoms with Gasteiger partial charge in [0.1, 0.15) is 16.7 Å². The van der Waals surface area contributed by atoms with Crippen LogP contribution in [-0.4, -0.2) is 9.97 Å². The third-order valence-electron chi connectivity index (χ3n) is 2.73. The number of halogens is 2. The van der Waals surface area contributed by atoms with E-state index >= 15 is 0 Å². The van der Waals surface area contributed by atoms with Crippen molar-refractivity contribution in [3.63, 3.8) is 0 Å². The van der Waals surface area contributed by atoms with Crippen molar-refractivity contribution < 1.29 is 4.39 Å². The van der Waals surface area contributed by atoms with E-state index in [-0.39, 0.29) is 5.82 Å². The summed E-state index contributed by atoms with van der Waals surface area (Å²) < 4.78 is 13.1. The summed E-state index contributed by atoms with van der Waals surface area (Å²) >= 11 is 5.85. The Balaban J connectivity index is 2.22. The van der Waals surface area contributed by atoms with Gasteiger partial charge in [-0.1, -0.05) is 11.6 Å². The molecule has 0 fully saturated rings. The number of nitrogens with two attached hydrogens (primary N) is 1. The van der Waals surface area contributed by atoms with Gasteiger partial charge in [-0.3, -0.25) is 0 Å². The highest BCUT2D eigenvalue weighted by molar-refractivity contribution is 6.29. The summed E-state index contributed by atoms with van der Waals surface area (Å²) in [6.45, 7) is 0. The number of aromatic nitrogens is 2. The van der Waals surface area contributed by atoms with Gasteiger partial charge < -0.3 is 10.7 Å². The molecule has 1 aromatic carbocycles. The number of fused-ring (bicyclic) bond motifs is 1. The van der Waals surface area contributed by atoms with E-state index in [1.165, 1.54) is 12.1 Å². The predicted molar refractivity (Wildman–Crippen MR) is 70.9 cm³/mol. The van der Waals surface area contributed by atoms with E-state index in [0.29, 0.717) is 16.5 Å². The molecule has 3 nitrogen and oxygen atoms in total. The third kappa shape index (κ3) is 1.80. The molecule has 3 rings (SSSR count). The maximum absolute atomic E-state index is 13.1. The molecular weight excluding hydrogens is 253 g/mol. The van der Waals surface area contributed by atoms with Crippen LogP contribution in [0.25, 0.3) is 22.3 Å². The average Bonchev–Trinajstić information content (AvgIpc) is 2.74. The summed E-state index contributed by atoms with van der Waals surface area (Å²) in [6, 6.07) is 9.65. The Morgan fingerprint density at radius 1 is 1.17 bits per heavy atom. The first-order valence-corrected chi connectivity index (χ1v) is 5.72. The molecule has 0 aliphatic rings. The van der Waals surface area contributed by atoms with E-state index in [1.54, 1.807) is 24.3 Å². The van der Waals surface area contributed by atoms with Crippen molar-refractivity contribution in [1.82, 2.24) is 9.97 Å². The number of rotatable bonds is 1. The molecule has 3 aromatic rings. The second-order valence-corrected chi connectivity index (χ2v) is 4.37. The molecule has 2 heterocycles. The number of aromatic amines is 1. The Bertz CT molecular complexity index is 736. The number of pyridine rings is 1. The van der Waals surface area contributed by atoms with Crippen molar-refractivity contribution in [3.8, 4) is 11.4 Å². The molecule has 0 radical (unpaired) electrons. The Morgan fingerprint density at radius 3 is 2.83 bits per heavy atom. The fourth-order valence-corrected chi connectivity index (χ4v) is 2.04. The number of nitrogen functional groups attached to an aromatic ring is 1. The molecule has 0 aliphatic carbocycles. The van der Waals surface area contributed by atoms with Gasteiger partial charge in [-0.25, -0.2) is 9.37 Å². The van der Waals surface area contributed by atoms with Crippen LogP contribution < -0.4 is 5.73 Å². The van der Waals surface area contributed by atoms with Crippen molar-refractivity contribution in [3.05, 3.63) is 47.4 Å². The molecule has 0 saturated carbocycles. The van der Waals surface area contributed by atoms with Crippen molar-refractivity contribution >= 4 is 28.2 Å². The number of anilines is 1. The van der Waals surface area contributed by atoms with E-state index in [9.17, 15) is 4.39 Å². The zero-order chi connectivity index (χ0) is 12.7. The van der Waals surface area contributed by atoms with Crippen LogP contribution in [-0.2, 0) is 0 Å². The first-order chi connectivity index (χ1) is 8.63. The van der Waals surface area contributed by atoms with Crippen molar-refractivity contribution in [2.24, 2.45) is 0 Å². The molecule has 0 unspecified atom stereocenters. The van der Waals surface area contributed by atoms with E-state index in [2.05, 4.69) is 9.97 Å². The van der Waals surface area contributed by atoms with E-state index < -0.39 is 0 Å². The van der Waals surface area contributed by atoms with E-state index in [0.717, 1.165) is 16.6 Å². The van der Waals surface area contributed by atoms with Crippen LogP contribution in [0.5, 0.6) is 0 Å². The van der Waals surface area contributed by atoms with Crippen molar-refractivity contribution in [2.75, 3.05) is 5.73 Å². The minimum absolute atomic E-state index is 0.278. The normalized spacial score (nSPS) is 11.0. The summed E-state index contributed by atoms with van der Waals surface area (Å²) in [5.74, 6) is -0.278. The van der Waals surface area contributed by atoms with Crippen LogP contribution in [0.2, 0.25) is 5.15 Å². The van der Waals surface area contributed by atoms with Gasteiger partial charge in [0, 0.05) is 10.9 Å². The molecular formula is C13H9ClFN3. The predicted octanol–water partition coefficient (Wildman–Crippen LogP) is 3.60.